The Labute approximate surface area is 140 Å². The maximum atomic E-state index is 12.9. The molecule has 2 atom stereocenters. The van der Waals surface area contributed by atoms with Crippen molar-refractivity contribution < 1.29 is 19.4 Å². The summed E-state index contributed by atoms with van der Waals surface area (Å²) < 4.78 is 11.7. The molecule has 2 aromatic rings. The minimum absolute atomic E-state index is 0.0778. The van der Waals surface area contributed by atoms with Crippen molar-refractivity contribution in [3.8, 4) is 17.2 Å². The third-order valence-electron chi connectivity index (χ3n) is 4.60. The monoisotopic (exact) mass is 325 g/mol. The molecule has 24 heavy (non-hydrogen) atoms. The van der Waals surface area contributed by atoms with Crippen LogP contribution < -0.4 is 9.47 Å². The van der Waals surface area contributed by atoms with Gasteiger partial charge < -0.3 is 19.5 Å². The number of fused-ring (bicyclic) bond motifs is 2. The van der Waals surface area contributed by atoms with Gasteiger partial charge in [0.15, 0.2) is 11.5 Å². The molecule has 0 aromatic heterocycles. The van der Waals surface area contributed by atoms with Gasteiger partial charge in [0, 0.05) is 13.1 Å². The first-order chi connectivity index (χ1) is 11.6. The third-order valence-corrected chi connectivity index (χ3v) is 4.60. The number of ether oxygens (including phenoxy) is 2. The van der Waals surface area contributed by atoms with E-state index < -0.39 is 6.10 Å². The molecule has 1 amide bonds. The lowest BCUT2D eigenvalue weighted by Gasteiger charge is -2.36. The smallest absolute Gasteiger partial charge is 0.267 e. The second-order valence-electron chi connectivity index (χ2n) is 6.27. The number of aromatic hydroxyl groups is 1. The molecule has 0 aliphatic carbocycles. The molecule has 4 rings (SSSR count). The standard InChI is InChI=1S/C19H19NO4/c1-12-18(24-17-5-3-2-4-16(17)23-12)19(22)20-9-8-13-6-7-15(21)10-14(13)11-20/h2-7,10,12,18,21H,8-9,11H2,1H3/t12-,18+/m0/s1. The molecule has 2 aliphatic heterocycles. The van der Waals surface area contributed by atoms with Crippen LogP contribution in [0.3, 0.4) is 0 Å². The van der Waals surface area contributed by atoms with Crippen LogP contribution in [0.4, 0.5) is 0 Å². The van der Waals surface area contributed by atoms with Crippen molar-refractivity contribution in [2.24, 2.45) is 0 Å². The summed E-state index contributed by atoms with van der Waals surface area (Å²) in [5.41, 5.74) is 2.16. The van der Waals surface area contributed by atoms with Gasteiger partial charge in [-0.1, -0.05) is 18.2 Å². The lowest BCUT2D eigenvalue weighted by atomic mass is 9.98. The van der Waals surface area contributed by atoms with Gasteiger partial charge in [-0.05, 0) is 48.7 Å². The first-order valence-electron chi connectivity index (χ1n) is 8.14. The normalized spacial score (nSPS) is 22.0. The number of carbonyl (C=O) groups excluding carboxylic acids is 1. The van der Waals surface area contributed by atoms with E-state index in [-0.39, 0.29) is 17.8 Å². The Morgan fingerprint density at radius 3 is 2.67 bits per heavy atom. The van der Waals surface area contributed by atoms with Gasteiger partial charge in [-0.25, -0.2) is 0 Å². The Morgan fingerprint density at radius 1 is 1.12 bits per heavy atom. The zero-order chi connectivity index (χ0) is 16.7. The quantitative estimate of drug-likeness (QED) is 0.875. The lowest BCUT2D eigenvalue weighted by Crippen LogP contribution is -2.51. The number of phenolic OH excluding ortho intramolecular Hbond substituents is 1. The van der Waals surface area contributed by atoms with Gasteiger partial charge >= 0.3 is 0 Å². The van der Waals surface area contributed by atoms with Gasteiger partial charge in [0.2, 0.25) is 6.10 Å². The van der Waals surface area contributed by atoms with Gasteiger partial charge in [-0.15, -0.1) is 0 Å². The molecule has 0 radical (unpaired) electrons. The van der Waals surface area contributed by atoms with Crippen LogP contribution in [0.5, 0.6) is 17.2 Å². The number of hydrogen-bond donors (Lipinski definition) is 1. The molecule has 0 bridgehead atoms. The summed E-state index contributed by atoms with van der Waals surface area (Å²) in [5, 5.41) is 9.66. The molecular formula is C19H19NO4. The van der Waals surface area contributed by atoms with E-state index in [1.54, 1.807) is 17.0 Å². The van der Waals surface area contributed by atoms with Crippen molar-refractivity contribution in [3.05, 3.63) is 53.6 Å². The molecule has 124 valence electrons. The van der Waals surface area contributed by atoms with Crippen molar-refractivity contribution in [2.45, 2.75) is 32.1 Å². The molecule has 0 saturated carbocycles. The highest BCUT2D eigenvalue weighted by molar-refractivity contribution is 5.82. The molecule has 5 heteroatoms. The van der Waals surface area contributed by atoms with Crippen LogP contribution in [0.25, 0.3) is 0 Å². The zero-order valence-electron chi connectivity index (χ0n) is 13.4. The highest BCUT2D eigenvalue weighted by Gasteiger charge is 2.37. The number of phenols is 1. The van der Waals surface area contributed by atoms with Crippen LogP contribution in [-0.4, -0.2) is 34.7 Å². The molecule has 0 spiro atoms. The van der Waals surface area contributed by atoms with E-state index >= 15 is 0 Å². The Kier molecular flexibility index (Phi) is 3.56. The van der Waals surface area contributed by atoms with Crippen molar-refractivity contribution in [2.75, 3.05) is 6.54 Å². The van der Waals surface area contributed by atoms with Crippen LogP contribution in [0.2, 0.25) is 0 Å². The van der Waals surface area contributed by atoms with Gasteiger partial charge in [-0.2, -0.15) is 0 Å². The van der Waals surface area contributed by atoms with E-state index in [4.69, 9.17) is 9.47 Å². The van der Waals surface area contributed by atoms with Crippen molar-refractivity contribution in [1.29, 1.82) is 0 Å². The molecule has 2 heterocycles. The summed E-state index contributed by atoms with van der Waals surface area (Å²) in [6, 6.07) is 12.7. The highest BCUT2D eigenvalue weighted by Crippen LogP contribution is 2.34. The van der Waals surface area contributed by atoms with Crippen LogP contribution in [0, 0.1) is 0 Å². The average molecular weight is 325 g/mol. The fourth-order valence-corrected chi connectivity index (χ4v) is 3.30. The highest BCUT2D eigenvalue weighted by atomic mass is 16.6. The fourth-order valence-electron chi connectivity index (χ4n) is 3.30. The van der Waals surface area contributed by atoms with E-state index in [0.717, 1.165) is 12.0 Å². The van der Waals surface area contributed by atoms with Crippen LogP contribution in [0.15, 0.2) is 42.5 Å². The van der Waals surface area contributed by atoms with E-state index in [0.29, 0.717) is 24.6 Å². The van der Waals surface area contributed by atoms with Gasteiger partial charge in [0.25, 0.3) is 5.91 Å². The predicted octanol–water partition coefficient (Wildman–Crippen LogP) is 2.51. The van der Waals surface area contributed by atoms with E-state index in [1.807, 2.05) is 37.3 Å². The summed E-state index contributed by atoms with van der Waals surface area (Å²) in [7, 11) is 0. The molecule has 0 fully saturated rings. The number of carbonyl (C=O) groups is 1. The van der Waals surface area contributed by atoms with Gasteiger partial charge in [0.05, 0.1) is 0 Å². The topological polar surface area (TPSA) is 59.0 Å². The SMILES string of the molecule is C[C@@H]1Oc2ccccc2O[C@H]1C(=O)N1CCc2ccc(O)cc2C1. The van der Waals surface area contributed by atoms with Crippen molar-refractivity contribution >= 4 is 5.91 Å². The maximum absolute atomic E-state index is 12.9. The fraction of sp³-hybridized carbons (Fsp3) is 0.316. The summed E-state index contributed by atoms with van der Waals surface area (Å²) in [6.45, 7) is 2.98. The number of rotatable bonds is 1. The first kappa shape index (κ1) is 14.9. The molecular weight excluding hydrogens is 306 g/mol. The van der Waals surface area contributed by atoms with E-state index in [1.165, 1.54) is 5.56 Å². The summed E-state index contributed by atoms with van der Waals surface area (Å²) >= 11 is 0. The molecule has 1 N–H and O–H groups in total. The molecule has 0 unspecified atom stereocenters. The van der Waals surface area contributed by atoms with Crippen LogP contribution >= 0.6 is 0 Å². The number of amides is 1. The van der Waals surface area contributed by atoms with Crippen LogP contribution in [-0.2, 0) is 17.8 Å². The minimum atomic E-state index is -0.654. The Bertz CT molecular complexity index is 789. The van der Waals surface area contributed by atoms with Crippen molar-refractivity contribution in [1.82, 2.24) is 4.90 Å². The number of para-hydroxylation sites is 2. The summed E-state index contributed by atoms with van der Waals surface area (Å²) in [6.07, 6.45) is -0.225. The Morgan fingerprint density at radius 2 is 1.88 bits per heavy atom. The Balaban J connectivity index is 1.54. The number of hydrogen-bond acceptors (Lipinski definition) is 4. The number of nitrogens with zero attached hydrogens (tertiary/aromatic N) is 1. The zero-order valence-corrected chi connectivity index (χ0v) is 13.4. The largest absolute Gasteiger partial charge is 0.508 e. The second kappa shape index (κ2) is 5.74. The molecule has 2 aromatic carbocycles. The molecule has 2 aliphatic rings. The van der Waals surface area contributed by atoms with E-state index in [9.17, 15) is 9.90 Å². The number of benzene rings is 2. The second-order valence-corrected chi connectivity index (χ2v) is 6.27. The summed E-state index contributed by atoms with van der Waals surface area (Å²) in [5.74, 6) is 1.42. The Hall–Kier alpha value is -2.69. The third kappa shape index (κ3) is 2.56. The van der Waals surface area contributed by atoms with Crippen LogP contribution in [0.1, 0.15) is 18.1 Å². The minimum Gasteiger partial charge on any atom is -0.508 e. The van der Waals surface area contributed by atoms with Crippen molar-refractivity contribution in [3.63, 3.8) is 0 Å². The van der Waals surface area contributed by atoms with Gasteiger partial charge in [0.1, 0.15) is 11.9 Å². The average Bonchev–Trinajstić information content (AvgIpc) is 2.60. The molecule has 5 nitrogen and oxygen atoms in total. The molecule has 0 saturated heterocycles. The first-order valence-corrected chi connectivity index (χ1v) is 8.14. The van der Waals surface area contributed by atoms with Gasteiger partial charge in [-0.3, -0.25) is 4.79 Å². The maximum Gasteiger partial charge on any atom is 0.267 e. The summed E-state index contributed by atoms with van der Waals surface area (Å²) in [4.78, 5) is 14.7. The lowest BCUT2D eigenvalue weighted by molar-refractivity contribution is -0.145. The predicted molar refractivity (Wildman–Crippen MR) is 88.2 cm³/mol. The van der Waals surface area contributed by atoms with E-state index in [2.05, 4.69) is 0 Å².